The minimum Gasteiger partial charge on any atom is -0.436 e. The maximum atomic E-state index is 11.8. The van der Waals surface area contributed by atoms with E-state index in [4.69, 9.17) is 4.74 Å². The Bertz CT molecular complexity index is 330. The van der Waals surface area contributed by atoms with Crippen LogP contribution in [0.5, 0.6) is 0 Å². The van der Waals surface area contributed by atoms with Crippen LogP contribution in [0, 0.1) is 0 Å². The Kier molecular flexibility index (Phi) is 23.2. The third kappa shape index (κ3) is 23.6. The molecule has 0 spiro atoms. The van der Waals surface area contributed by atoms with E-state index in [0.717, 1.165) is 25.7 Å². The zero-order valence-corrected chi connectivity index (χ0v) is 19.9. The third-order valence-corrected chi connectivity index (χ3v) is 5.81. The summed E-state index contributed by atoms with van der Waals surface area (Å²) in [7, 11) is 0. The normalized spacial score (nSPS) is 12.2. The molecule has 3 nitrogen and oxygen atoms in total. The predicted molar refractivity (Wildman–Crippen MR) is 125 cm³/mol. The highest BCUT2D eigenvalue weighted by Gasteiger charge is 2.10. The monoisotopic (exact) mass is 412 g/mol. The second-order valence-electron chi connectivity index (χ2n) is 8.85. The molecule has 174 valence electrons. The highest BCUT2D eigenvalue weighted by atomic mass is 16.6. The van der Waals surface area contributed by atoms with Gasteiger partial charge >= 0.3 is 5.97 Å². The van der Waals surface area contributed by atoms with Crippen LogP contribution in [0.25, 0.3) is 0 Å². The molecule has 0 aromatic carbocycles. The summed E-state index contributed by atoms with van der Waals surface area (Å²) in [5.41, 5.74) is 0. The van der Waals surface area contributed by atoms with E-state index in [1.165, 1.54) is 103 Å². The van der Waals surface area contributed by atoms with Crippen molar-refractivity contribution in [1.82, 2.24) is 0 Å². The number of aliphatic hydroxyl groups is 1. The van der Waals surface area contributed by atoms with E-state index < -0.39 is 6.29 Å². The Morgan fingerprint density at radius 1 is 0.586 bits per heavy atom. The van der Waals surface area contributed by atoms with Crippen LogP contribution >= 0.6 is 0 Å². The van der Waals surface area contributed by atoms with Crippen LogP contribution in [0.1, 0.15) is 155 Å². The molecule has 0 saturated carbocycles. The van der Waals surface area contributed by atoms with Crippen molar-refractivity contribution in [3.05, 3.63) is 0 Å². The topological polar surface area (TPSA) is 46.5 Å². The van der Waals surface area contributed by atoms with Crippen LogP contribution in [0.3, 0.4) is 0 Å². The number of esters is 1. The molecule has 0 saturated heterocycles. The number of rotatable bonds is 23. The molecule has 1 atom stereocenters. The quantitative estimate of drug-likeness (QED) is 0.104. The van der Waals surface area contributed by atoms with E-state index in [0.29, 0.717) is 12.8 Å². The summed E-state index contributed by atoms with van der Waals surface area (Å²) in [5.74, 6) is -0.233. The molecule has 0 amide bonds. The smallest absolute Gasteiger partial charge is 0.308 e. The summed E-state index contributed by atoms with van der Waals surface area (Å²) in [4.78, 5) is 11.8. The fraction of sp³-hybridized carbons (Fsp3) is 0.962. The predicted octanol–water partition coefficient (Wildman–Crippen LogP) is 8.47. The average molecular weight is 413 g/mol. The van der Waals surface area contributed by atoms with E-state index in [9.17, 15) is 9.90 Å². The first-order valence-electron chi connectivity index (χ1n) is 13.1. The molecule has 0 radical (unpaired) electrons. The van der Waals surface area contributed by atoms with Gasteiger partial charge in [-0.1, -0.05) is 129 Å². The van der Waals surface area contributed by atoms with Crippen molar-refractivity contribution < 1.29 is 14.6 Å². The molecule has 29 heavy (non-hydrogen) atoms. The first kappa shape index (κ1) is 28.4. The summed E-state index contributed by atoms with van der Waals surface area (Å²) in [5, 5.41) is 9.86. The molecule has 0 aromatic heterocycles. The number of unbranched alkanes of at least 4 members (excludes halogenated alkanes) is 18. The lowest BCUT2D eigenvalue weighted by Crippen LogP contribution is -2.17. The molecule has 0 aliphatic heterocycles. The van der Waals surface area contributed by atoms with Gasteiger partial charge in [0.25, 0.3) is 0 Å². The lowest BCUT2D eigenvalue weighted by molar-refractivity contribution is -0.168. The van der Waals surface area contributed by atoms with Gasteiger partial charge < -0.3 is 9.84 Å². The molecular weight excluding hydrogens is 360 g/mol. The van der Waals surface area contributed by atoms with Gasteiger partial charge in [-0.3, -0.25) is 4.79 Å². The van der Waals surface area contributed by atoms with Crippen molar-refractivity contribution in [3.8, 4) is 0 Å². The summed E-state index contributed by atoms with van der Waals surface area (Å²) in [6, 6.07) is 0. The number of hydrogen-bond acceptors (Lipinski definition) is 3. The van der Waals surface area contributed by atoms with Crippen molar-refractivity contribution in [1.29, 1.82) is 0 Å². The molecule has 0 rings (SSSR count). The molecular formula is C26H52O3. The fourth-order valence-electron chi connectivity index (χ4n) is 3.83. The number of aliphatic hydroxyl groups excluding tert-OH is 1. The molecule has 0 aromatic rings. The van der Waals surface area contributed by atoms with Crippen LogP contribution < -0.4 is 0 Å². The molecule has 0 aliphatic rings. The van der Waals surface area contributed by atoms with Gasteiger partial charge in [0, 0.05) is 12.8 Å². The largest absolute Gasteiger partial charge is 0.436 e. The minimum atomic E-state index is -0.903. The van der Waals surface area contributed by atoms with E-state index in [1.54, 1.807) is 0 Å². The van der Waals surface area contributed by atoms with Gasteiger partial charge in [-0.05, 0) is 12.8 Å². The summed E-state index contributed by atoms with van der Waals surface area (Å²) < 4.78 is 5.13. The van der Waals surface area contributed by atoms with Crippen LogP contribution in [0.4, 0.5) is 0 Å². The first-order chi connectivity index (χ1) is 14.2. The number of carbonyl (C=O) groups excluding carboxylic acids is 1. The molecule has 1 unspecified atom stereocenters. The molecule has 3 heteroatoms. The summed E-state index contributed by atoms with van der Waals surface area (Å²) >= 11 is 0. The Hall–Kier alpha value is -0.570. The van der Waals surface area contributed by atoms with Crippen molar-refractivity contribution in [2.45, 2.75) is 161 Å². The Morgan fingerprint density at radius 2 is 0.931 bits per heavy atom. The van der Waals surface area contributed by atoms with Crippen LogP contribution in [-0.2, 0) is 9.53 Å². The Labute approximate surface area is 182 Å². The summed E-state index contributed by atoms with van der Waals surface area (Å²) in [6.45, 7) is 4.50. The zero-order chi connectivity index (χ0) is 21.4. The summed E-state index contributed by atoms with van der Waals surface area (Å²) in [6.07, 6.45) is 25.5. The van der Waals surface area contributed by atoms with Crippen LogP contribution in [0.15, 0.2) is 0 Å². The number of ether oxygens (including phenoxy) is 1. The zero-order valence-electron chi connectivity index (χ0n) is 19.9. The standard InChI is InChI=1S/C26H52O3/c1-3-5-7-9-11-13-14-16-18-20-22-24-26(28)29-25(27)23-21-19-17-15-12-10-8-6-4-2/h26,28H,3-24H2,1-2H3. The fourth-order valence-corrected chi connectivity index (χ4v) is 3.83. The van der Waals surface area contributed by atoms with Crippen molar-refractivity contribution in [2.75, 3.05) is 0 Å². The second-order valence-corrected chi connectivity index (χ2v) is 8.85. The first-order valence-corrected chi connectivity index (χ1v) is 13.1. The Morgan fingerprint density at radius 3 is 1.34 bits per heavy atom. The van der Waals surface area contributed by atoms with Crippen molar-refractivity contribution in [3.63, 3.8) is 0 Å². The van der Waals surface area contributed by atoms with Gasteiger partial charge in [0.2, 0.25) is 6.29 Å². The average Bonchev–Trinajstić information content (AvgIpc) is 2.70. The van der Waals surface area contributed by atoms with E-state index >= 15 is 0 Å². The van der Waals surface area contributed by atoms with Gasteiger partial charge in [0.15, 0.2) is 0 Å². The maximum Gasteiger partial charge on any atom is 0.308 e. The van der Waals surface area contributed by atoms with Crippen molar-refractivity contribution in [2.24, 2.45) is 0 Å². The highest BCUT2D eigenvalue weighted by Crippen LogP contribution is 2.14. The third-order valence-electron chi connectivity index (χ3n) is 5.81. The number of hydrogen-bond donors (Lipinski definition) is 1. The second kappa shape index (κ2) is 23.7. The molecule has 0 aliphatic carbocycles. The van der Waals surface area contributed by atoms with Gasteiger partial charge in [-0.25, -0.2) is 0 Å². The van der Waals surface area contributed by atoms with E-state index in [-0.39, 0.29) is 5.97 Å². The molecule has 0 bridgehead atoms. The highest BCUT2D eigenvalue weighted by molar-refractivity contribution is 5.69. The van der Waals surface area contributed by atoms with Crippen LogP contribution in [-0.4, -0.2) is 17.4 Å². The molecule has 0 fully saturated rings. The van der Waals surface area contributed by atoms with E-state index in [2.05, 4.69) is 13.8 Å². The Balaban J connectivity index is 3.30. The maximum absolute atomic E-state index is 11.8. The van der Waals surface area contributed by atoms with Gasteiger partial charge in [-0.2, -0.15) is 0 Å². The van der Waals surface area contributed by atoms with Crippen LogP contribution in [0.2, 0.25) is 0 Å². The van der Waals surface area contributed by atoms with Crippen molar-refractivity contribution >= 4 is 5.97 Å². The molecule has 1 N–H and O–H groups in total. The SMILES string of the molecule is CCCCCCCCCCCCCC(O)OC(=O)CCCCCCCCCCC. The number of carbonyl (C=O) groups is 1. The van der Waals surface area contributed by atoms with E-state index in [1.807, 2.05) is 0 Å². The lowest BCUT2D eigenvalue weighted by atomic mass is 10.1. The van der Waals surface area contributed by atoms with Gasteiger partial charge in [-0.15, -0.1) is 0 Å². The van der Waals surface area contributed by atoms with Gasteiger partial charge in [0.1, 0.15) is 0 Å². The minimum absolute atomic E-state index is 0.233. The molecule has 0 heterocycles. The van der Waals surface area contributed by atoms with Gasteiger partial charge in [0.05, 0.1) is 0 Å². The lowest BCUT2D eigenvalue weighted by Gasteiger charge is -2.12.